The lowest BCUT2D eigenvalue weighted by atomic mass is 10.0. The molecule has 160 valence electrons. The maximum absolute atomic E-state index is 14.5. The van der Waals surface area contributed by atoms with Crippen molar-refractivity contribution in [3.8, 4) is 21.8 Å². The first-order valence-corrected chi connectivity index (χ1v) is 11.6. The molecular formula is C24H20FN5OS. The zero-order valence-electron chi connectivity index (χ0n) is 17.2. The minimum Gasteiger partial charge on any atom is -0.321 e. The van der Waals surface area contributed by atoms with Crippen molar-refractivity contribution in [3.63, 3.8) is 0 Å². The Kier molecular flexibility index (Phi) is 4.61. The van der Waals surface area contributed by atoms with E-state index in [2.05, 4.69) is 25.1 Å². The number of nitrogens with one attached hydrogen (secondary N) is 1. The summed E-state index contributed by atoms with van der Waals surface area (Å²) in [5, 5.41) is 12.9. The van der Waals surface area contributed by atoms with Crippen molar-refractivity contribution in [1.29, 1.82) is 0 Å². The van der Waals surface area contributed by atoms with Gasteiger partial charge in [-0.2, -0.15) is 0 Å². The molecule has 3 heterocycles. The lowest BCUT2D eigenvalue weighted by Gasteiger charge is -2.08. The molecule has 0 atom stereocenters. The molecule has 0 bridgehead atoms. The molecule has 8 heteroatoms. The standard InChI is InChI=1S/C24H20FN5OS/c25-20-7-3-15(16-4-8-21(26-11-16)14-1-2-14)9-19(20)24(31)28-17-10-22(32-12-17)23-29-27-13-30(23)18-5-6-18/h3-4,7-14,18H,1-2,5-6H2,(H,28,31). The Morgan fingerprint density at radius 1 is 1.09 bits per heavy atom. The summed E-state index contributed by atoms with van der Waals surface area (Å²) < 4.78 is 16.6. The first-order chi connectivity index (χ1) is 15.7. The summed E-state index contributed by atoms with van der Waals surface area (Å²) in [5.41, 5.74) is 3.33. The number of benzene rings is 1. The average molecular weight is 446 g/mol. The van der Waals surface area contributed by atoms with Crippen molar-refractivity contribution in [2.45, 2.75) is 37.6 Å². The third-order valence-electron chi connectivity index (χ3n) is 5.92. The van der Waals surface area contributed by atoms with Crippen LogP contribution in [-0.4, -0.2) is 25.7 Å². The number of aromatic nitrogens is 4. The molecule has 1 aromatic carbocycles. The molecule has 2 aliphatic rings. The first kappa shape index (κ1) is 19.3. The maximum Gasteiger partial charge on any atom is 0.258 e. The van der Waals surface area contributed by atoms with Crippen molar-refractivity contribution in [2.75, 3.05) is 5.32 Å². The van der Waals surface area contributed by atoms with Gasteiger partial charge in [-0.25, -0.2) is 4.39 Å². The second kappa shape index (κ2) is 7.63. The highest BCUT2D eigenvalue weighted by Gasteiger charge is 2.27. The molecule has 32 heavy (non-hydrogen) atoms. The number of rotatable bonds is 6. The lowest BCUT2D eigenvalue weighted by molar-refractivity contribution is 0.102. The van der Waals surface area contributed by atoms with E-state index in [0.29, 0.717) is 17.6 Å². The number of amides is 1. The molecule has 2 fully saturated rings. The van der Waals surface area contributed by atoms with Crippen LogP contribution in [0.4, 0.5) is 10.1 Å². The van der Waals surface area contributed by atoms with Gasteiger partial charge in [0.25, 0.3) is 5.91 Å². The van der Waals surface area contributed by atoms with Gasteiger partial charge in [0.15, 0.2) is 5.82 Å². The number of anilines is 1. The van der Waals surface area contributed by atoms with Crippen molar-refractivity contribution in [1.82, 2.24) is 19.7 Å². The molecule has 0 saturated heterocycles. The average Bonchev–Trinajstić information content (AvgIpc) is 3.74. The molecule has 2 aliphatic carbocycles. The molecule has 4 aromatic rings. The molecule has 3 aromatic heterocycles. The SMILES string of the molecule is O=C(Nc1csc(-c2nncn2C2CC2)c1)c1cc(-c2ccc(C3CC3)nc2)ccc1F. The second-order valence-corrected chi connectivity index (χ2v) is 9.30. The fraction of sp³-hybridized carbons (Fsp3) is 0.250. The van der Waals surface area contributed by atoms with Crippen LogP contribution in [-0.2, 0) is 0 Å². The monoisotopic (exact) mass is 445 g/mol. The van der Waals surface area contributed by atoms with E-state index in [1.807, 2.05) is 23.6 Å². The number of nitrogens with zero attached hydrogens (tertiary/aromatic N) is 4. The van der Waals surface area contributed by atoms with E-state index in [1.54, 1.807) is 24.7 Å². The van der Waals surface area contributed by atoms with Crippen LogP contribution in [0.25, 0.3) is 21.8 Å². The van der Waals surface area contributed by atoms with Gasteiger partial charge in [-0.05, 0) is 55.5 Å². The molecule has 1 N–H and O–H groups in total. The summed E-state index contributed by atoms with van der Waals surface area (Å²) in [6.45, 7) is 0. The van der Waals surface area contributed by atoms with E-state index in [0.717, 1.165) is 40.4 Å². The van der Waals surface area contributed by atoms with Crippen molar-refractivity contribution in [2.24, 2.45) is 0 Å². The Hall–Kier alpha value is -3.39. The molecule has 6 rings (SSSR count). The molecule has 0 radical (unpaired) electrons. The van der Waals surface area contributed by atoms with Crippen LogP contribution in [0.15, 0.2) is 54.3 Å². The minimum atomic E-state index is -0.558. The third kappa shape index (κ3) is 3.71. The van der Waals surface area contributed by atoms with Gasteiger partial charge in [-0.3, -0.25) is 9.78 Å². The minimum absolute atomic E-state index is 0.00247. The Balaban J connectivity index is 1.22. The Bertz CT molecular complexity index is 1300. The zero-order valence-corrected chi connectivity index (χ0v) is 18.0. The molecular weight excluding hydrogens is 425 g/mol. The summed E-state index contributed by atoms with van der Waals surface area (Å²) in [6.07, 6.45) is 8.19. The molecule has 0 aliphatic heterocycles. The van der Waals surface area contributed by atoms with Gasteiger partial charge in [0, 0.05) is 34.8 Å². The number of halogens is 1. The fourth-order valence-electron chi connectivity index (χ4n) is 3.83. The summed E-state index contributed by atoms with van der Waals surface area (Å²) in [6, 6.07) is 10.9. The van der Waals surface area contributed by atoms with Gasteiger partial charge < -0.3 is 9.88 Å². The van der Waals surface area contributed by atoms with Gasteiger partial charge in [0.05, 0.1) is 16.1 Å². The van der Waals surface area contributed by atoms with Crippen molar-refractivity contribution < 1.29 is 9.18 Å². The molecule has 0 spiro atoms. The molecule has 6 nitrogen and oxygen atoms in total. The van der Waals surface area contributed by atoms with Crippen LogP contribution in [0.5, 0.6) is 0 Å². The van der Waals surface area contributed by atoms with Crippen LogP contribution in [0, 0.1) is 5.82 Å². The van der Waals surface area contributed by atoms with Crippen LogP contribution < -0.4 is 5.32 Å². The summed E-state index contributed by atoms with van der Waals surface area (Å²) in [7, 11) is 0. The first-order valence-electron chi connectivity index (χ1n) is 10.7. The van der Waals surface area contributed by atoms with Gasteiger partial charge in [-0.1, -0.05) is 12.1 Å². The number of carbonyl (C=O) groups excluding carboxylic acids is 1. The fourth-order valence-corrected chi connectivity index (χ4v) is 4.66. The third-order valence-corrected chi connectivity index (χ3v) is 6.84. The summed E-state index contributed by atoms with van der Waals surface area (Å²) >= 11 is 1.48. The number of hydrogen-bond acceptors (Lipinski definition) is 5. The van der Waals surface area contributed by atoms with E-state index >= 15 is 0 Å². The zero-order chi connectivity index (χ0) is 21.7. The van der Waals surface area contributed by atoms with Gasteiger partial charge >= 0.3 is 0 Å². The normalized spacial score (nSPS) is 15.7. The van der Waals surface area contributed by atoms with Crippen LogP contribution >= 0.6 is 11.3 Å². The van der Waals surface area contributed by atoms with Crippen molar-refractivity contribution >= 4 is 22.9 Å². The van der Waals surface area contributed by atoms with E-state index in [-0.39, 0.29) is 5.56 Å². The van der Waals surface area contributed by atoms with Crippen LogP contribution in [0.3, 0.4) is 0 Å². The Morgan fingerprint density at radius 3 is 2.69 bits per heavy atom. The number of hydrogen-bond donors (Lipinski definition) is 1. The van der Waals surface area contributed by atoms with Crippen LogP contribution in [0.2, 0.25) is 0 Å². The van der Waals surface area contributed by atoms with Crippen LogP contribution in [0.1, 0.15) is 53.7 Å². The predicted molar refractivity (Wildman–Crippen MR) is 121 cm³/mol. The smallest absolute Gasteiger partial charge is 0.258 e. The van der Waals surface area contributed by atoms with Gasteiger partial charge in [0.1, 0.15) is 12.1 Å². The second-order valence-electron chi connectivity index (χ2n) is 8.39. The topological polar surface area (TPSA) is 72.7 Å². The number of carbonyl (C=O) groups is 1. The number of pyridine rings is 1. The molecule has 2 saturated carbocycles. The maximum atomic E-state index is 14.5. The lowest BCUT2D eigenvalue weighted by Crippen LogP contribution is -2.13. The molecule has 1 amide bonds. The van der Waals surface area contributed by atoms with Crippen molar-refractivity contribution in [3.05, 3.63) is 71.4 Å². The van der Waals surface area contributed by atoms with E-state index < -0.39 is 11.7 Å². The van der Waals surface area contributed by atoms with Gasteiger partial charge in [-0.15, -0.1) is 21.5 Å². The molecule has 0 unspecified atom stereocenters. The predicted octanol–water partition coefficient (Wildman–Crippen LogP) is 5.67. The van der Waals surface area contributed by atoms with Gasteiger partial charge in [0.2, 0.25) is 0 Å². The Morgan fingerprint density at radius 2 is 1.94 bits per heavy atom. The highest BCUT2D eigenvalue weighted by Crippen LogP contribution is 2.40. The Labute approximate surface area is 188 Å². The summed E-state index contributed by atoms with van der Waals surface area (Å²) in [4.78, 5) is 18.3. The van der Waals surface area contributed by atoms with E-state index in [4.69, 9.17) is 0 Å². The quantitative estimate of drug-likeness (QED) is 0.415. The number of thiophene rings is 1. The van der Waals surface area contributed by atoms with E-state index in [9.17, 15) is 9.18 Å². The van der Waals surface area contributed by atoms with E-state index in [1.165, 1.54) is 30.2 Å². The summed E-state index contributed by atoms with van der Waals surface area (Å²) in [5.74, 6) is 0.332. The highest BCUT2D eigenvalue weighted by atomic mass is 32.1. The highest BCUT2D eigenvalue weighted by molar-refractivity contribution is 7.14. The largest absolute Gasteiger partial charge is 0.321 e.